The van der Waals surface area contributed by atoms with Crippen LogP contribution in [0.1, 0.15) is 20.3 Å². The van der Waals surface area contributed by atoms with Gasteiger partial charge in [0, 0.05) is 5.41 Å². The molecular weight excluding hydrogens is 204 g/mol. The van der Waals surface area contributed by atoms with Crippen LogP contribution in [0.4, 0.5) is 0 Å². The Morgan fingerprint density at radius 1 is 1.43 bits per heavy atom. The number of hydrogen-bond donors (Lipinski definition) is 1. The zero-order valence-electron chi connectivity index (χ0n) is 8.43. The van der Waals surface area contributed by atoms with Gasteiger partial charge in [0.1, 0.15) is 6.29 Å². The van der Waals surface area contributed by atoms with Crippen LogP contribution in [-0.2, 0) is 14.6 Å². The van der Waals surface area contributed by atoms with Crippen molar-refractivity contribution in [2.24, 2.45) is 11.3 Å². The van der Waals surface area contributed by atoms with Gasteiger partial charge in [0.05, 0.1) is 17.6 Å². The third-order valence-electron chi connectivity index (χ3n) is 3.23. The summed E-state index contributed by atoms with van der Waals surface area (Å²) in [5.41, 5.74) is -0.868. The number of aliphatic hydroxyl groups excluding tert-OH is 1. The normalized spacial score (nSPS) is 35.1. The summed E-state index contributed by atoms with van der Waals surface area (Å²) in [6.07, 6.45) is 0.383. The SMILES string of the molecule is CC(O)C(C)C1(C=O)CCS(=O)(=O)C1. The smallest absolute Gasteiger partial charge is 0.151 e. The highest BCUT2D eigenvalue weighted by Gasteiger charge is 2.47. The molecule has 3 atom stereocenters. The van der Waals surface area contributed by atoms with Gasteiger partial charge in [-0.3, -0.25) is 0 Å². The van der Waals surface area contributed by atoms with E-state index in [1.807, 2.05) is 0 Å². The molecule has 1 aliphatic rings. The van der Waals surface area contributed by atoms with Gasteiger partial charge in [-0.15, -0.1) is 0 Å². The molecule has 0 aromatic carbocycles. The molecule has 1 aliphatic heterocycles. The lowest BCUT2D eigenvalue weighted by Gasteiger charge is -2.30. The van der Waals surface area contributed by atoms with E-state index >= 15 is 0 Å². The molecule has 0 aromatic heterocycles. The number of aldehydes is 1. The van der Waals surface area contributed by atoms with E-state index < -0.39 is 21.4 Å². The fourth-order valence-electron chi connectivity index (χ4n) is 1.94. The molecular formula is C9H16O4S. The highest BCUT2D eigenvalue weighted by Crippen LogP contribution is 2.38. The summed E-state index contributed by atoms with van der Waals surface area (Å²) < 4.78 is 22.6. The van der Waals surface area contributed by atoms with Gasteiger partial charge >= 0.3 is 0 Å². The Kier molecular flexibility index (Phi) is 3.02. The molecule has 0 radical (unpaired) electrons. The molecule has 5 heteroatoms. The summed E-state index contributed by atoms with van der Waals surface area (Å²) in [6.45, 7) is 3.31. The summed E-state index contributed by atoms with van der Waals surface area (Å²) >= 11 is 0. The molecule has 0 bridgehead atoms. The number of sulfone groups is 1. The molecule has 1 rings (SSSR count). The van der Waals surface area contributed by atoms with Crippen LogP contribution in [0.2, 0.25) is 0 Å². The minimum absolute atomic E-state index is 0.0583. The maximum absolute atomic E-state index is 11.3. The highest BCUT2D eigenvalue weighted by atomic mass is 32.2. The molecule has 0 aromatic rings. The van der Waals surface area contributed by atoms with E-state index in [4.69, 9.17) is 0 Å². The van der Waals surface area contributed by atoms with Gasteiger partial charge in [-0.25, -0.2) is 8.42 Å². The molecule has 1 fully saturated rings. The first-order valence-corrected chi connectivity index (χ1v) is 6.50. The van der Waals surface area contributed by atoms with Crippen LogP contribution >= 0.6 is 0 Å². The van der Waals surface area contributed by atoms with Gasteiger partial charge in [-0.2, -0.15) is 0 Å². The standard InChI is InChI=1S/C9H16O4S/c1-7(8(2)11)9(5-10)3-4-14(12,13)6-9/h5,7-8,11H,3-4,6H2,1-2H3. The van der Waals surface area contributed by atoms with Crippen molar-refractivity contribution in [2.75, 3.05) is 11.5 Å². The number of hydrogen-bond acceptors (Lipinski definition) is 4. The summed E-state index contributed by atoms with van der Waals surface area (Å²) in [6, 6.07) is 0. The maximum Gasteiger partial charge on any atom is 0.151 e. The van der Waals surface area contributed by atoms with E-state index in [1.165, 1.54) is 0 Å². The van der Waals surface area contributed by atoms with Gasteiger partial charge in [0.25, 0.3) is 0 Å². The third kappa shape index (κ3) is 1.98. The number of carbonyl (C=O) groups excluding carboxylic acids is 1. The van der Waals surface area contributed by atoms with Crippen molar-refractivity contribution in [2.45, 2.75) is 26.4 Å². The lowest BCUT2D eigenvalue weighted by molar-refractivity contribution is -0.119. The Bertz CT molecular complexity index is 320. The lowest BCUT2D eigenvalue weighted by atomic mass is 9.75. The van der Waals surface area contributed by atoms with Crippen molar-refractivity contribution in [1.82, 2.24) is 0 Å². The van der Waals surface area contributed by atoms with E-state index in [2.05, 4.69) is 0 Å². The van der Waals surface area contributed by atoms with Crippen molar-refractivity contribution in [1.29, 1.82) is 0 Å². The Morgan fingerprint density at radius 2 is 2.00 bits per heavy atom. The molecule has 1 saturated heterocycles. The molecule has 82 valence electrons. The van der Waals surface area contributed by atoms with E-state index in [-0.39, 0.29) is 17.4 Å². The van der Waals surface area contributed by atoms with E-state index in [1.54, 1.807) is 13.8 Å². The fraction of sp³-hybridized carbons (Fsp3) is 0.889. The molecule has 0 saturated carbocycles. The minimum Gasteiger partial charge on any atom is -0.393 e. The van der Waals surface area contributed by atoms with Crippen LogP contribution in [0.3, 0.4) is 0 Å². The molecule has 0 aliphatic carbocycles. The number of carbonyl (C=O) groups is 1. The minimum atomic E-state index is -3.09. The largest absolute Gasteiger partial charge is 0.393 e. The van der Waals surface area contributed by atoms with Crippen molar-refractivity contribution in [3.8, 4) is 0 Å². The second kappa shape index (κ2) is 3.62. The van der Waals surface area contributed by atoms with Crippen molar-refractivity contribution in [3.05, 3.63) is 0 Å². The number of aliphatic hydroxyl groups is 1. The van der Waals surface area contributed by atoms with Gasteiger partial charge in [0.15, 0.2) is 9.84 Å². The predicted molar refractivity (Wildman–Crippen MR) is 52.6 cm³/mol. The predicted octanol–water partition coefficient (Wildman–Crippen LogP) is 0.00710. The second-order valence-corrected chi connectivity index (χ2v) is 6.41. The monoisotopic (exact) mass is 220 g/mol. The first-order chi connectivity index (χ1) is 6.33. The summed E-state index contributed by atoms with van der Waals surface area (Å²) in [5.74, 6) is -0.365. The van der Waals surface area contributed by atoms with Crippen LogP contribution in [0, 0.1) is 11.3 Å². The van der Waals surface area contributed by atoms with Crippen molar-refractivity contribution in [3.63, 3.8) is 0 Å². The maximum atomic E-state index is 11.3. The Balaban J connectivity index is 2.96. The summed E-state index contributed by atoms with van der Waals surface area (Å²) in [7, 11) is -3.09. The number of rotatable bonds is 3. The first kappa shape index (κ1) is 11.7. The molecule has 0 amide bonds. The van der Waals surface area contributed by atoms with Crippen LogP contribution in [0.15, 0.2) is 0 Å². The van der Waals surface area contributed by atoms with E-state index in [0.29, 0.717) is 12.7 Å². The van der Waals surface area contributed by atoms with Gasteiger partial charge in [-0.05, 0) is 19.3 Å². The Labute approximate surface area is 84.2 Å². The van der Waals surface area contributed by atoms with Crippen LogP contribution in [-0.4, -0.2) is 37.4 Å². The fourth-order valence-corrected chi connectivity index (χ4v) is 4.07. The van der Waals surface area contributed by atoms with Crippen LogP contribution in [0.5, 0.6) is 0 Å². The van der Waals surface area contributed by atoms with E-state index in [0.717, 1.165) is 0 Å². The third-order valence-corrected chi connectivity index (χ3v) is 5.04. The average Bonchev–Trinajstić information content (AvgIpc) is 2.41. The van der Waals surface area contributed by atoms with Crippen molar-refractivity contribution >= 4 is 16.1 Å². The molecule has 0 spiro atoms. The quantitative estimate of drug-likeness (QED) is 0.680. The van der Waals surface area contributed by atoms with Gasteiger partial charge in [0.2, 0.25) is 0 Å². The second-order valence-electron chi connectivity index (χ2n) is 4.22. The molecule has 14 heavy (non-hydrogen) atoms. The molecule has 3 unspecified atom stereocenters. The molecule has 1 N–H and O–H groups in total. The summed E-state index contributed by atoms with van der Waals surface area (Å²) in [5, 5.41) is 9.39. The topological polar surface area (TPSA) is 71.4 Å². The Hall–Kier alpha value is -0.420. The highest BCUT2D eigenvalue weighted by molar-refractivity contribution is 7.91. The zero-order valence-corrected chi connectivity index (χ0v) is 9.25. The molecule has 4 nitrogen and oxygen atoms in total. The molecule has 1 heterocycles. The average molecular weight is 220 g/mol. The van der Waals surface area contributed by atoms with Crippen LogP contribution < -0.4 is 0 Å². The van der Waals surface area contributed by atoms with Gasteiger partial charge < -0.3 is 9.90 Å². The van der Waals surface area contributed by atoms with Crippen LogP contribution in [0.25, 0.3) is 0 Å². The zero-order chi connectivity index (χ0) is 11.0. The Morgan fingerprint density at radius 3 is 2.29 bits per heavy atom. The first-order valence-electron chi connectivity index (χ1n) is 4.68. The summed E-state index contributed by atoms with van der Waals surface area (Å²) in [4.78, 5) is 11.0. The van der Waals surface area contributed by atoms with Gasteiger partial charge in [-0.1, -0.05) is 6.92 Å². The van der Waals surface area contributed by atoms with Crippen molar-refractivity contribution < 1.29 is 18.3 Å². The lowest BCUT2D eigenvalue weighted by Crippen LogP contribution is -2.37. The van der Waals surface area contributed by atoms with E-state index in [9.17, 15) is 18.3 Å².